The number of carbonyl (C=O) groups is 1. The van der Waals surface area contributed by atoms with Crippen LogP contribution in [-0.4, -0.2) is 23.4 Å². The molecule has 0 bridgehead atoms. The molecule has 0 unspecified atom stereocenters. The van der Waals surface area contributed by atoms with Crippen molar-refractivity contribution in [2.75, 3.05) is 0 Å². The molecule has 0 saturated carbocycles. The third kappa shape index (κ3) is 8.47. The van der Waals surface area contributed by atoms with Crippen LogP contribution in [0.1, 0.15) is 62.2 Å². The van der Waals surface area contributed by atoms with Gasteiger partial charge in [0, 0.05) is 6.42 Å². The minimum atomic E-state index is -4.19. The Morgan fingerprint density at radius 3 is 2.30 bits per heavy atom. The van der Waals surface area contributed by atoms with Crippen molar-refractivity contribution >= 4 is 5.97 Å². The van der Waals surface area contributed by atoms with Crippen molar-refractivity contribution in [3.63, 3.8) is 0 Å². The van der Waals surface area contributed by atoms with Gasteiger partial charge in [-0.25, -0.2) is 4.79 Å². The second-order valence-electron chi connectivity index (χ2n) is 5.58. The highest BCUT2D eigenvalue weighted by atomic mass is 19.4. The van der Waals surface area contributed by atoms with Gasteiger partial charge < -0.3 is 9.84 Å². The van der Waals surface area contributed by atoms with Gasteiger partial charge in [-0.05, 0) is 49.9 Å². The maximum absolute atomic E-state index is 12.2. The van der Waals surface area contributed by atoms with E-state index in [0.717, 1.165) is 19.3 Å². The van der Waals surface area contributed by atoms with Crippen molar-refractivity contribution in [3.8, 4) is 5.75 Å². The first-order valence-corrected chi connectivity index (χ1v) is 7.88. The highest BCUT2D eigenvalue weighted by Gasteiger charge is 2.27. The number of carbonyl (C=O) groups excluding carboxylic acids is 1. The smallest absolute Gasteiger partial charge is 0.389 e. The second-order valence-corrected chi connectivity index (χ2v) is 5.58. The van der Waals surface area contributed by atoms with E-state index in [1.165, 1.54) is 24.3 Å². The van der Waals surface area contributed by atoms with E-state index in [9.17, 15) is 23.1 Å². The lowest BCUT2D eigenvalue weighted by molar-refractivity contribution is -0.136. The Kier molecular flexibility index (Phi) is 7.92. The SMILES string of the molecule is CCCCC[C@H](CCCC(F)(F)F)OC(=O)c1ccc(O)cc1. The summed E-state index contributed by atoms with van der Waals surface area (Å²) in [5.41, 5.74) is 0.277. The molecule has 0 aliphatic heterocycles. The van der Waals surface area contributed by atoms with Crippen LogP contribution in [-0.2, 0) is 4.74 Å². The molecule has 0 radical (unpaired) electrons. The Morgan fingerprint density at radius 1 is 1.13 bits per heavy atom. The van der Waals surface area contributed by atoms with E-state index >= 15 is 0 Å². The summed E-state index contributed by atoms with van der Waals surface area (Å²) in [6.07, 6.45) is -2.09. The molecule has 1 rings (SSSR count). The first-order chi connectivity index (χ1) is 10.8. The summed E-state index contributed by atoms with van der Waals surface area (Å²) in [7, 11) is 0. The number of rotatable bonds is 9. The summed E-state index contributed by atoms with van der Waals surface area (Å²) in [6, 6.07) is 5.59. The van der Waals surface area contributed by atoms with Gasteiger partial charge >= 0.3 is 12.1 Å². The fourth-order valence-corrected chi connectivity index (χ4v) is 2.23. The Labute approximate surface area is 134 Å². The van der Waals surface area contributed by atoms with Crippen molar-refractivity contribution in [3.05, 3.63) is 29.8 Å². The standard InChI is InChI=1S/C17H23F3O3/c1-2-3-4-6-15(7-5-12-17(18,19)20)23-16(22)13-8-10-14(21)11-9-13/h8-11,15,21H,2-7,12H2,1H3/t15-/m1/s1. The fourth-order valence-electron chi connectivity index (χ4n) is 2.23. The lowest BCUT2D eigenvalue weighted by Crippen LogP contribution is -2.19. The van der Waals surface area contributed by atoms with Crippen LogP contribution >= 0.6 is 0 Å². The molecule has 0 fully saturated rings. The van der Waals surface area contributed by atoms with Gasteiger partial charge in [0.2, 0.25) is 0 Å². The lowest BCUT2D eigenvalue weighted by Gasteiger charge is -2.18. The molecule has 130 valence electrons. The zero-order valence-electron chi connectivity index (χ0n) is 13.2. The van der Waals surface area contributed by atoms with E-state index in [4.69, 9.17) is 4.74 Å². The van der Waals surface area contributed by atoms with Gasteiger partial charge in [-0.2, -0.15) is 13.2 Å². The maximum atomic E-state index is 12.2. The molecule has 0 heterocycles. The number of ether oxygens (including phenoxy) is 1. The molecule has 0 aromatic heterocycles. The molecule has 1 N–H and O–H groups in total. The van der Waals surface area contributed by atoms with Crippen LogP contribution in [0.15, 0.2) is 24.3 Å². The maximum Gasteiger partial charge on any atom is 0.389 e. The summed E-state index contributed by atoms with van der Waals surface area (Å²) in [5.74, 6) is -0.537. The van der Waals surface area contributed by atoms with Crippen LogP contribution < -0.4 is 0 Å². The molecule has 6 heteroatoms. The number of phenols is 1. The molecule has 0 spiro atoms. The molecule has 1 aromatic rings. The van der Waals surface area contributed by atoms with Crippen LogP contribution in [0.2, 0.25) is 0 Å². The molecule has 0 amide bonds. The Balaban J connectivity index is 2.56. The zero-order valence-corrected chi connectivity index (χ0v) is 13.2. The number of hydrogen-bond acceptors (Lipinski definition) is 3. The fraction of sp³-hybridized carbons (Fsp3) is 0.588. The molecule has 0 aliphatic rings. The highest BCUT2D eigenvalue weighted by Crippen LogP contribution is 2.24. The molecule has 0 saturated heterocycles. The van der Waals surface area contributed by atoms with Crippen molar-refractivity contribution < 1.29 is 27.8 Å². The van der Waals surface area contributed by atoms with Gasteiger partial charge in [0.05, 0.1) is 5.56 Å². The van der Waals surface area contributed by atoms with Gasteiger partial charge in [0.15, 0.2) is 0 Å². The van der Waals surface area contributed by atoms with E-state index in [1.807, 2.05) is 6.92 Å². The van der Waals surface area contributed by atoms with Gasteiger partial charge in [-0.15, -0.1) is 0 Å². The quantitative estimate of drug-likeness (QED) is 0.497. The predicted molar refractivity (Wildman–Crippen MR) is 81.4 cm³/mol. The van der Waals surface area contributed by atoms with E-state index < -0.39 is 24.7 Å². The second kappa shape index (κ2) is 9.43. The number of unbranched alkanes of at least 4 members (excludes halogenated alkanes) is 2. The first-order valence-electron chi connectivity index (χ1n) is 7.88. The van der Waals surface area contributed by atoms with E-state index in [2.05, 4.69) is 0 Å². The van der Waals surface area contributed by atoms with Crippen molar-refractivity contribution in [1.29, 1.82) is 0 Å². The van der Waals surface area contributed by atoms with Crippen LogP contribution in [0.25, 0.3) is 0 Å². The van der Waals surface area contributed by atoms with E-state index in [1.54, 1.807) is 0 Å². The third-order valence-electron chi connectivity index (χ3n) is 3.49. The van der Waals surface area contributed by atoms with E-state index in [0.29, 0.717) is 6.42 Å². The van der Waals surface area contributed by atoms with Crippen molar-refractivity contribution in [1.82, 2.24) is 0 Å². The van der Waals surface area contributed by atoms with Crippen LogP contribution in [0, 0.1) is 0 Å². The highest BCUT2D eigenvalue weighted by molar-refractivity contribution is 5.89. The summed E-state index contributed by atoms with van der Waals surface area (Å²) >= 11 is 0. The Bertz CT molecular complexity index is 469. The number of benzene rings is 1. The Hall–Kier alpha value is -1.72. The molecule has 23 heavy (non-hydrogen) atoms. The first kappa shape index (κ1) is 19.3. The topological polar surface area (TPSA) is 46.5 Å². The lowest BCUT2D eigenvalue weighted by atomic mass is 10.0. The average molecular weight is 332 g/mol. The molecule has 1 aromatic carbocycles. The van der Waals surface area contributed by atoms with Gasteiger partial charge in [-0.3, -0.25) is 0 Å². The molecule has 0 aliphatic carbocycles. The molecular formula is C17H23F3O3. The summed E-state index contributed by atoms with van der Waals surface area (Å²) in [5, 5.41) is 9.20. The third-order valence-corrected chi connectivity index (χ3v) is 3.49. The van der Waals surface area contributed by atoms with Crippen LogP contribution in [0.5, 0.6) is 5.75 Å². The van der Waals surface area contributed by atoms with Gasteiger partial charge in [0.1, 0.15) is 11.9 Å². The Morgan fingerprint density at radius 2 is 1.74 bits per heavy atom. The number of phenolic OH excluding ortho intramolecular Hbond substituents is 1. The zero-order chi connectivity index (χ0) is 17.3. The van der Waals surface area contributed by atoms with Crippen molar-refractivity contribution in [2.24, 2.45) is 0 Å². The summed E-state index contributed by atoms with van der Waals surface area (Å²) in [6.45, 7) is 2.03. The molecule has 1 atom stereocenters. The number of hydrogen-bond donors (Lipinski definition) is 1. The minimum Gasteiger partial charge on any atom is -0.508 e. The molecule has 3 nitrogen and oxygen atoms in total. The van der Waals surface area contributed by atoms with Crippen LogP contribution in [0.3, 0.4) is 0 Å². The van der Waals surface area contributed by atoms with Crippen molar-refractivity contribution in [2.45, 2.75) is 64.1 Å². The largest absolute Gasteiger partial charge is 0.508 e. The van der Waals surface area contributed by atoms with E-state index in [-0.39, 0.29) is 24.2 Å². The number of alkyl halides is 3. The number of aromatic hydroxyl groups is 1. The summed E-state index contributed by atoms with van der Waals surface area (Å²) < 4.78 is 42.1. The monoisotopic (exact) mass is 332 g/mol. The molecular weight excluding hydrogens is 309 g/mol. The average Bonchev–Trinajstić information content (AvgIpc) is 2.46. The minimum absolute atomic E-state index is 0.0335. The van der Waals surface area contributed by atoms with Gasteiger partial charge in [-0.1, -0.05) is 19.8 Å². The predicted octanol–water partition coefficient (Wildman–Crippen LogP) is 5.23. The number of halogens is 3. The summed E-state index contributed by atoms with van der Waals surface area (Å²) in [4.78, 5) is 12.0. The van der Waals surface area contributed by atoms with Crippen LogP contribution in [0.4, 0.5) is 13.2 Å². The van der Waals surface area contributed by atoms with Gasteiger partial charge in [0.25, 0.3) is 0 Å². The number of esters is 1. The normalized spacial score (nSPS) is 12.9.